The summed E-state index contributed by atoms with van der Waals surface area (Å²) >= 11 is 0. The second kappa shape index (κ2) is 9.77. The molecular weight excluding hydrogens is 465 g/mol. The number of aryl methyl sites for hydroxylation is 1. The number of nitrogens with zero attached hydrogens (tertiary/aromatic N) is 1. The van der Waals surface area contributed by atoms with Crippen LogP contribution in [0.15, 0.2) is 23.2 Å². The van der Waals surface area contributed by atoms with Crippen LogP contribution in [0.1, 0.15) is 24.0 Å². The lowest BCUT2D eigenvalue weighted by atomic mass is 10.1. The monoisotopic (exact) mass is 495 g/mol. The Hall–Kier alpha value is -1.03. The average molecular weight is 495 g/mol. The Morgan fingerprint density at radius 3 is 2.54 bits per heavy atom. The summed E-state index contributed by atoms with van der Waals surface area (Å²) in [6.45, 7) is 3.40. The van der Waals surface area contributed by atoms with E-state index in [-0.39, 0.29) is 35.1 Å². The van der Waals surface area contributed by atoms with E-state index in [4.69, 9.17) is 4.74 Å². The minimum Gasteiger partial charge on any atom is -0.496 e. The summed E-state index contributed by atoms with van der Waals surface area (Å²) < 4.78 is 28.4. The third-order valence-corrected chi connectivity index (χ3v) is 5.70. The van der Waals surface area contributed by atoms with Gasteiger partial charge in [0, 0.05) is 31.8 Å². The standard InChI is InChI=1S/C18H29N3O3S.HI/c1-14-5-6-15(11-16(14)24-3)7-10-20-17(19-2)21-12-18(8-9-18)13-25(4,22)23;/h5-6,11H,7-10,12-13H2,1-4H3,(H2,19,20,21);1H. The molecule has 8 heteroatoms. The number of nitrogens with one attached hydrogen (secondary N) is 2. The van der Waals surface area contributed by atoms with Crippen LogP contribution in [-0.2, 0) is 16.3 Å². The van der Waals surface area contributed by atoms with Gasteiger partial charge < -0.3 is 15.4 Å². The molecule has 148 valence electrons. The van der Waals surface area contributed by atoms with Crippen LogP contribution < -0.4 is 15.4 Å². The highest BCUT2D eigenvalue weighted by atomic mass is 127. The van der Waals surface area contributed by atoms with Gasteiger partial charge in [0.15, 0.2) is 5.96 Å². The number of hydrogen-bond donors (Lipinski definition) is 2. The molecule has 0 aliphatic heterocycles. The number of aliphatic imine (C=N–C) groups is 1. The summed E-state index contributed by atoms with van der Waals surface area (Å²) in [5, 5.41) is 6.54. The normalized spacial score (nSPS) is 15.8. The van der Waals surface area contributed by atoms with Crippen molar-refractivity contribution in [1.29, 1.82) is 0 Å². The smallest absolute Gasteiger partial charge is 0.191 e. The van der Waals surface area contributed by atoms with Crippen molar-refractivity contribution in [3.63, 3.8) is 0 Å². The topological polar surface area (TPSA) is 79.8 Å². The Morgan fingerprint density at radius 1 is 1.31 bits per heavy atom. The molecule has 1 aliphatic carbocycles. The highest BCUT2D eigenvalue weighted by Crippen LogP contribution is 2.45. The molecule has 26 heavy (non-hydrogen) atoms. The Bertz CT molecular complexity index is 731. The molecule has 1 aromatic carbocycles. The number of methoxy groups -OCH3 is 1. The number of ether oxygens (including phenoxy) is 1. The first-order chi connectivity index (χ1) is 11.8. The van der Waals surface area contributed by atoms with E-state index < -0.39 is 9.84 Å². The Labute approximate surface area is 174 Å². The molecule has 0 heterocycles. The molecule has 0 atom stereocenters. The molecule has 0 spiro atoms. The lowest BCUT2D eigenvalue weighted by Gasteiger charge is -2.18. The second-order valence-corrected chi connectivity index (χ2v) is 9.12. The summed E-state index contributed by atoms with van der Waals surface area (Å²) in [6, 6.07) is 6.21. The van der Waals surface area contributed by atoms with Crippen molar-refractivity contribution in [3.05, 3.63) is 29.3 Å². The van der Waals surface area contributed by atoms with E-state index in [0.29, 0.717) is 12.5 Å². The maximum absolute atomic E-state index is 11.5. The predicted molar refractivity (Wildman–Crippen MR) is 118 cm³/mol. The Morgan fingerprint density at radius 2 is 2.00 bits per heavy atom. The van der Waals surface area contributed by atoms with Crippen molar-refractivity contribution in [2.45, 2.75) is 26.2 Å². The average Bonchev–Trinajstić information content (AvgIpc) is 3.29. The van der Waals surface area contributed by atoms with Crippen LogP contribution in [0.4, 0.5) is 0 Å². The zero-order valence-electron chi connectivity index (χ0n) is 16.0. The van der Waals surface area contributed by atoms with Gasteiger partial charge in [0.2, 0.25) is 0 Å². The van der Waals surface area contributed by atoms with Crippen molar-refractivity contribution in [2.24, 2.45) is 10.4 Å². The first-order valence-corrected chi connectivity index (χ1v) is 10.6. The molecule has 0 saturated heterocycles. The minimum absolute atomic E-state index is 0. The number of guanidine groups is 1. The van der Waals surface area contributed by atoms with Crippen molar-refractivity contribution in [2.75, 3.05) is 39.3 Å². The zero-order valence-corrected chi connectivity index (χ0v) is 19.1. The van der Waals surface area contributed by atoms with Gasteiger partial charge in [-0.1, -0.05) is 12.1 Å². The first-order valence-electron chi connectivity index (χ1n) is 8.53. The van der Waals surface area contributed by atoms with Crippen molar-refractivity contribution in [3.8, 4) is 5.75 Å². The second-order valence-electron chi connectivity index (χ2n) is 6.98. The molecule has 2 N–H and O–H groups in total. The molecular formula is C18H30IN3O3S. The Kier molecular flexibility index (Phi) is 8.65. The number of benzene rings is 1. The van der Waals surface area contributed by atoms with Crippen LogP contribution >= 0.6 is 24.0 Å². The van der Waals surface area contributed by atoms with E-state index >= 15 is 0 Å². The van der Waals surface area contributed by atoms with E-state index in [1.165, 1.54) is 11.8 Å². The summed E-state index contributed by atoms with van der Waals surface area (Å²) in [5.41, 5.74) is 2.20. The highest BCUT2D eigenvalue weighted by molar-refractivity contribution is 14.0. The van der Waals surface area contributed by atoms with Gasteiger partial charge in [-0.15, -0.1) is 24.0 Å². The summed E-state index contributed by atoms with van der Waals surface area (Å²) in [4.78, 5) is 4.21. The molecule has 6 nitrogen and oxygen atoms in total. The van der Waals surface area contributed by atoms with E-state index in [1.54, 1.807) is 14.2 Å². The molecule has 1 fully saturated rings. The molecule has 0 bridgehead atoms. The maximum Gasteiger partial charge on any atom is 0.191 e. The largest absolute Gasteiger partial charge is 0.496 e. The number of hydrogen-bond acceptors (Lipinski definition) is 4. The third-order valence-electron chi connectivity index (χ3n) is 4.56. The number of rotatable bonds is 8. The molecule has 1 aliphatic rings. The van der Waals surface area contributed by atoms with Crippen molar-refractivity contribution >= 4 is 39.8 Å². The van der Waals surface area contributed by atoms with Gasteiger partial charge in [0.25, 0.3) is 0 Å². The lowest BCUT2D eigenvalue weighted by Crippen LogP contribution is -2.42. The van der Waals surface area contributed by atoms with Crippen LogP contribution in [0, 0.1) is 12.3 Å². The molecule has 0 amide bonds. The summed E-state index contributed by atoms with van der Waals surface area (Å²) in [6.07, 6.45) is 4.06. The van der Waals surface area contributed by atoms with Gasteiger partial charge in [-0.25, -0.2) is 8.42 Å². The SMILES string of the molecule is CN=C(NCCc1ccc(C)c(OC)c1)NCC1(CS(C)(=O)=O)CC1.I. The van der Waals surface area contributed by atoms with E-state index in [2.05, 4.69) is 33.8 Å². The van der Waals surface area contributed by atoms with E-state index in [9.17, 15) is 8.42 Å². The Balaban J connectivity index is 0.00000338. The van der Waals surface area contributed by atoms with E-state index in [0.717, 1.165) is 37.1 Å². The van der Waals surface area contributed by atoms with Crippen molar-refractivity contribution < 1.29 is 13.2 Å². The van der Waals surface area contributed by atoms with Crippen LogP contribution in [-0.4, -0.2) is 53.6 Å². The van der Waals surface area contributed by atoms with Crippen molar-refractivity contribution in [1.82, 2.24) is 10.6 Å². The quantitative estimate of drug-likeness (QED) is 0.328. The minimum atomic E-state index is -2.95. The first kappa shape index (κ1) is 23.0. The third kappa shape index (κ3) is 7.30. The van der Waals surface area contributed by atoms with Gasteiger partial charge in [-0.2, -0.15) is 0 Å². The maximum atomic E-state index is 11.5. The van der Waals surface area contributed by atoms with Crippen LogP contribution in [0.5, 0.6) is 5.75 Å². The zero-order chi connectivity index (χ0) is 18.5. The number of halogens is 1. The van der Waals surface area contributed by atoms with Gasteiger partial charge in [0.1, 0.15) is 15.6 Å². The van der Waals surface area contributed by atoms with E-state index in [1.807, 2.05) is 6.92 Å². The summed E-state index contributed by atoms with van der Waals surface area (Å²) in [7, 11) is 0.454. The fourth-order valence-corrected chi connectivity index (χ4v) is 4.45. The lowest BCUT2D eigenvalue weighted by molar-refractivity contribution is 0.411. The van der Waals surface area contributed by atoms with Gasteiger partial charge in [-0.3, -0.25) is 4.99 Å². The fourth-order valence-electron chi connectivity index (χ4n) is 2.94. The molecule has 2 rings (SSSR count). The highest BCUT2D eigenvalue weighted by Gasteiger charge is 2.45. The van der Waals surface area contributed by atoms with Crippen LogP contribution in [0.3, 0.4) is 0 Å². The molecule has 1 saturated carbocycles. The molecule has 0 radical (unpaired) electrons. The van der Waals surface area contributed by atoms with Gasteiger partial charge in [-0.05, 0) is 43.4 Å². The summed E-state index contributed by atoms with van der Waals surface area (Å²) in [5.74, 6) is 1.85. The number of sulfone groups is 1. The predicted octanol–water partition coefficient (Wildman–Crippen LogP) is 2.15. The molecule has 1 aromatic rings. The van der Waals surface area contributed by atoms with Crippen LogP contribution in [0.25, 0.3) is 0 Å². The fraction of sp³-hybridized carbons (Fsp3) is 0.611. The van der Waals surface area contributed by atoms with Crippen LogP contribution in [0.2, 0.25) is 0 Å². The molecule has 0 aromatic heterocycles. The molecule has 0 unspecified atom stereocenters. The van der Waals surface area contributed by atoms with Gasteiger partial charge in [0.05, 0.1) is 12.9 Å². The van der Waals surface area contributed by atoms with Gasteiger partial charge >= 0.3 is 0 Å².